The lowest BCUT2D eigenvalue weighted by atomic mass is 10.1. The van der Waals surface area contributed by atoms with Crippen LogP contribution in [0.2, 0.25) is 0 Å². The Labute approximate surface area is 142 Å². The van der Waals surface area contributed by atoms with E-state index in [4.69, 9.17) is 9.47 Å². The van der Waals surface area contributed by atoms with Crippen LogP contribution in [0, 0.1) is 0 Å². The zero-order valence-electron chi connectivity index (χ0n) is 12.7. The molecule has 2 N–H and O–H groups in total. The number of aromatic nitrogens is 1. The smallest absolute Gasteiger partial charge is 0.252 e. The summed E-state index contributed by atoms with van der Waals surface area (Å²) in [6.45, 7) is 0.0703. The van der Waals surface area contributed by atoms with Crippen molar-refractivity contribution in [1.29, 1.82) is 0 Å². The van der Waals surface area contributed by atoms with Crippen molar-refractivity contribution in [2.75, 3.05) is 20.8 Å². The van der Waals surface area contributed by atoms with Gasteiger partial charge in [-0.1, -0.05) is 6.07 Å². The third-order valence-electron chi connectivity index (χ3n) is 3.22. The molecule has 1 unspecified atom stereocenters. The van der Waals surface area contributed by atoms with Crippen molar-refractivity contribution < 1.29 is 19.4 Å². The van der Waals surface area contributed by atoms with Crippen molar-refractivity contribution in [3.8, 4) is 11.5 Å². The fourth-order valence-corrected chi connectivity index (χ4v) is 2.37. The highest BCUT2D eigenvalue weighted by atomic mass is 79.9. The van der Waals surface area contributed by atoms with Crippen molar-refractivity contribution in [2.45, 2.75) is 6.10 Å². The highest BCUT2D eigenvalue weighted by Crippen LogP contribution is 2.29. The largest absolute Gasteiger partial charge is 0.493 e. The first-order valence-electron chi connectivity index (χ1n) is 6.84. The molecule has 0 spiro atoms. The van der Waals surface area contributed by atoms with E-state index < -0.39 is 6.10 Å². The Balaban J connectivity index is 2.02. The first kappa shape index (κ1) is 17.2. The van der Waals surface area contributed by atoms with E-state index in [0.717, 1.165) is 0 Å². The number of halogens is 1. The Morgan fingerprint density at radius 2 is 2.00 bits per heavy atom. The number of carbonyl (C=O) groups is 1. The number of methoxy groups -OCH3 is 2. The van der Waals surface area contributed by atoms with Crippen LogP contribution in [0.3, 0.4) is 0 Å². The number of aliphatic hydroxyl groups excluding tert-OH is 1. The summed E-state index contributed by atoms with van der Waals surface area (Å²) in [4.78, 5) is 16.0. The summed E-state index contributed by atoms with van der Waals surface area (Å²) in [6, 6.07) is 6.76. The van der Waals surface area contributed by atoms with E-state index >= 15 is 0 Å². The van der Waals surface area contributed by atoms with E-state index in [9.17, 15) is 9.90 Å². The monoisotopic (exact) mass is 380 g/mol. The van der Waals surface area contributed by atoms with Gasteiger partial charge in [-0.05, 0) is 39.7 Å². The minimum absolute atomic E-state index is 0.0703. The molecule has 2 aromatic rings. The molecule has 6 nitrogen and oxygen atoms in total. The van der Waals surface area contributed by atoms with Gasteiger partial charge in [0.05, 0.1) is 25.9 Å². The summed E-state index contributed by atoms with van der Waals surface area (Å²) in [6.07, 6.45) is 2.19. The predicted octanol–water partition coefficient (Wildman–Crippen LogP) is 2.32. The molecule has 7 heteroatoms. The number of hydrogen-bond donors (Lipinski definition) is 2. The molecule has 0 fully saturated rings. The fraction of sp³-hybridized carbons (Fsp3) is 0.250. The number of aliphatic hydroxyl groups is 1. The maximum Gasteiger partial charge on any atom is 0.252 e. The number of carbonyl (C=O) groups excluding carboxylic acids is 1. The van der Waals surface area contributed by atoms with Gasteiger partial charge in [-0.3, -0.25) is 9.78 Å². The minimum atomic E-state index is -0.862. The van der Waals surface area contributed by atoms with E-state index in [-0.39, 0.29) is 12.5 Å². The average Bonchev–Trinajstić information content (AvgIpc) is 2.58. The van der Waals surface area contributed by atoms with E-state index in [1.807, 2.05) is 0 Å². The number of amides is 1. The SMILES string of the molecule is COc1ccc(C(O)CNC(=O)c2cncc(Br)c2)cc1OC. The van der Waals surface area contributed by atoms with Crippen molar-refractivity contribution in [1.82, 2.24) is 10.3 Å². The molecule has 0 aliphatic heterocycles. The molecular weight excluding hydrogens is 364 g/mol. The Hall–Kier alpha value is -2.12. The van der Waals surface area contributed by atoms with Crippen LogP contribution in [0.1, 0.15) is 22.0 Å². The maximum absolute atomic E-state index is 12.0. The van der Waals surface area contributed by atoms with Gasteiger partial charge in [0.25, 0.3) is 5.91 Å². The van der Waals surface area contributed by atoms with Gasteiger partial charge in [0.1, 0.15) is 0 Å². The van der Waals surface area contributed by atoms with Crippen LogP contribution in [-0.4, -0.2) is 36.8 Å². The van der Waals surface area contributed by atoms with E-state index in [2.05, 4.69) is 26.2 Å². The molecule has 0 saturated heterocycles. The van der Waals surface area contributed by atoms with Crippen molar-refractivity contribution in [3.05, 3.63) is 52.3 Å². The Morgan fingerprint density at radius 1 is 1.26 bits per heavy atom. The number of benzene rings is 1. The maximum atomic E-state index is 12.0. The third kappa shape index (κ3) is 4.43. The molecule has 0 aliphatic carbocycles. The van der Waals surface area contributed by atoms with Crippen molar-refractivity contribution >= 4 is 21.8 Å². The lowest BCUT2D eigenvalue weighted by molar-refractivity contribution is 0.0915. The van der Waals surface area contributed by atoms with Crippen LogP contribution in [0.25, 0.3) is 0 Å². The molecule has 23 heavy (non-hydrogen) atoms. The molecule has 1 aromatic heterocycles. The normalized spacial score (nSPS) is 11.7. The van der Waals surface area contributed by atoms with Crippen LogP contribution >= 0.6 is 15.9 Å². The Bertz CT molecular complexity index is 694. The third-order valence-corrected chi connectivity index (χ3v) is 3.65. The van der Waals surface area contributed by atoms with Gasteiger partial charge in [0.15, 0.2) is 11.5 Å². The van der Waals surface area contributed by atoms with Crippen LogP contribution in [-0.2, 0) is 0 Å². The molecule has 0 aliphatic rings. The lowest BCUT2D eigenvalue weighted by Crippen LogP contribution is -2.28. The summed E-state index contributed by atoms with van der Waals surface area (Å²) >= 11 is 3.26. The van der Waals surface area contributed by atoms with Gasteiger partial charge in [0.2, 0.25) is 0 Å². The minimum Gasteiger partial charge on any atom is -0.493 e. The van der Waals surface area contributed by atoms with Crippen molar-refractivity contribution in [3.63, 3.8) is 0 Å². The first-order chi connectivity index (χ1) is 11.0. The molecule has 1 aromatic carbocycles. The van der Waals surface area contributed by atoms with Crippen molar-refractivity contribution in [2.24, 2.45) is 0 Å². The summed E-state index contributed by atoms with van der Waals surface area (Å²) in [5.41, 5.74) is 1.04. The zero-order valence-corrected chi connectivity index (χ0v) is 14.3. The highest BCUT2D eigenvalue weighted by Gasteiger charge is 2.14. The van der Waals surface area contributed by atoms with Crippen LogP contribution < -0.4 is 14.8 Å². The number of hydrogen-bond acceptors (Lipinski definition) is 5. The second-order valence-corrected chi connectivity index (χ2v) is 5.65. The van der Waals surface area contributed by atoms with Gasteiger partial charge < -0.3 is 19.9 Å². The predicted molar refractivity (Wildman–Crippen MR) is 88.8 cm³/mol. The zero-order chi connectivity index (χ0) is 16.8. The fourth-order valence-electron chi connectivity index (χ4n) is 2.01. The second-order valence-electron chi connectivity index (χ2n) is 4.73. The molecule has 1 atom stereocenters. The number of rotatable bonds is 6. The van der Waals surface area contributed by atoms with Gasteiger partial charge in [-0.25, -0.2) is 0 Å². The summed E-state index contributed by atoms with van der Waals surface area (Å²) in [5, 5.41) is 12.9. The molecule has 1 heterocycles. The number of ether oxygens (including phenoxy) is 2. The standard InChI is InChI=1S/C16H17BrN2O4/c1-22-14-4-3-10(6-15(14)23-2)13(20)9-19-16(21)11-5-12(17)8-18-7-11/h3-8,13,20H,9H2,1-2H3,(H,19,21). The van der Waals surface area contributed by atoms with Gasteiger partial charge >= 0.3 is 0 Å². The molecule has 0 bridgehead atoms. The average molecular weight is 381 g/mol. The van der Waals surface area contributed by atoms with E-state index in [0.29, 0.717) is 27.1 Å². The van der Waals surface area contributed by atoms with E-state index in [1.165, 1.54) is 13.3 Å². The Kier molecular flexibility index (Phi) is 5.95. The Morgan fingerprint density at radius 3 is 2.65 bits per heavy atom. The van der Waals surface area contributed by atoms with E-state index in [1.54, 1.807) is 37.6 Å². The van der Waals surface area contributed by atoms with Crippen LogP contribution in [0.15, 0.2) is 41.1 Å². The summed E-state index contributed by atoms with van der Waals surface area (Å²) in [7, 11) is 3.07. The molecule has 1 amide bonds. The summed E-state index contributed by atoms with van der Waals surface area (Å²) in [5.74, 6) is 0.789. The van der Waals surface area contributed by atoms with Gasteiger partial charge in [0, 0.05) is 23.4 Å². The van der Waals surface area contributed by atoms with Crippen LogP contribution in [0.5, 0.6) is 11.5 Å². The lowest BCUT2D eigenvalue weighted by Gasteiger charge is -2.15. The molecule has 0 saturated carbocycles. The number of pyridine rings is 1. The molecule has 122 valence electrons. The quantitative estimate of drug-likeness (QED) is 0.803. The first-order valence-corrected chi connectivity index (χ1v) is 7.63. The number of nitrogens with zero attached hydrogens (tertiary/aromatic N) is 1. The molecule has 0 radical (unpaired) electrons. The highest BCUT2D eigenvalue weighted by molar-refractivity contribution is 9.10. The van der Waals surface area contributed by atoms with Crippen LogP contribution in [0.4, 0.5) is 0 Å². The number of nitrogens with one attached hydrogen (secondary N) is 1. The summed E-state index contributed by atoms with van der Waals surface area (Å²) < 4.78 is 11.1. The van der Waals surface area contributed by atoms with Gasteiger partial charge in [-0.2, -0.15) is 0 Å². The van der Waals surface area contributed by atoms with Gasteiger partial charge in [-0.15, -0.1) is 0 Å². The topological polar surface area (TPSA) is 80.7 Å². The molecule has 2 rings (SSSR count). The molecular formula is C16H17BrN2O4. The second kappa shape index (κ2) is 7.94.